The Balaban J connectivity index is 2.09. The molecular formula is C16H21N3O2. The van der Waals surface area contributed by atoms with Crippen LogP contribution in [0.25, 0.3) is 0 Å². The largest absolute Gasteiger partial charge is 0.361 e. The number of nitrogens with zero attached hydrogens (tertiary/aromatic N) is 2. The van der Waals surface area contributed by atoms with Gasteiger partial charge in [-0.25, -0.2) is 0 Å². The van der Waals surface area contributed by atoms with Crippen molar-refractivity contribution in [3.63, 3.8) is 0 Å². The van der Waals surface area contributed by atoms with E-state index in [2.05, 4.69) is 5.16 Å². The lowest BCUT2D eigenvalue weighted by Crippen LogP contribution is -2.36. The maximum absolute atomic E-state index is 12.5. The van der Waals surface area contributed by atoms with Gasteiger partial charge in [-0.15, -0.1) is 0 Å². The van der Waals surface area contributed by atoms with E-state index in [0.29, 0.717) is 31.8 Å². The van der Waals surface area contributed by atoms with E-state index in [1.54, 1.807) is 4.90 Å². The predicted octanol–water partition coefficient (Wildman–Crippen LogP) is 1.82. The Morgan fingerprint density at radius 3 is 2.57 bits per heavy atom. The molecule has 0 saturated heterocycles. The van der Waals surface area contributed by atoms with Crippen molar-refractivity contribution in [1.82, 2.24) is 10.1 Å². The van der Waals surface area contributed by atoms with Crippen LogP contribution < -0.4 is 5.73 Å². The summed E-state index contributed by atoms with van der Waals surface area (Å²) in [5.41, 5.74) is 8.37. The summed E-state index contributed by atoms with van der Waals surface area (Å²) in [4.78, 5) is 14.3. The Kier molecular flexibility index (Phi) is 5.11. The number of carbonyl (C=O) groups is 1. The topological polar surface area (TPSA) is 72.4 Å². The molecule has 1 aromatic heterocycles. The zero-order chi connectivity index (χ0) is 15.2. The first-order valence-corrected chi connectivity index (χ1v) is 7.05. The van der Waals surface area contributed by atoms with Gasteiger partial charge < -0.3 is 15.2 Å². The SMILES string of the molecule is Cc1noc(C)c1CC(=O)N(CCN)Cc1ccccc1. The molecule has 0 radical (unpaired) electrons. The number of nitrogens with two attached hydrogens (primary N) is 1. The fraction of sp³-hybridized carbons (Fsp3) is 0.375. The molecule has 2 aromatic rings. The number of hydrogen-bond donors (Lipinski definition) is 1. The van der Waals surface area contributed by atoms with Gasteiger partial charge in [-0.3, -0.25) is 4.79 Å². The van der Waals surface area contributed by atoms with Gasteiger partial charge in [0.25, 0.3) is 0 Å². The molecule has 0 fully saturated rings. The lowest BCUT2D eigenvalue weighted by molar-refractivity contribution is -0.131. The molecule has 1 aromatic carbocycles. The van der Waals surface area contributed by atoms with Crippen molar-refractivity contribution < 1.29 is 9.32 Å². The normalized spacial score (nSPS) is 10.6. The number of aryl methyl sites for hydroxylation is 2. The highest BCUT2D eigenvalue weighted by molar-refractivity contribution is 5.79. The minimum Gasteiger partial charge on any atom is -0.361 e. The van der Waals surface area contributed by atoms with Crippen LogP contribution in [0.1, 0.15) is 22.6 Å². The number of amides is 1. The van der Waals surface area contributed by atoms with Gasteiger partial charge in [0.2, 0.25) is 5.91 Å². The summed E-state index contributed by atoms with van der Waals surface area (Å²) in [5, 5.41) is 3.89. The highest BCUT2D eigenvalue weighted by Crippen LogP contribution is 2.15. The first-order chi connectivity index (χ1) is 10.1. The van der Waals surface area contributed by atoms with Gasteiger partial charge in [-0.1, -0.05) is 35.5 Å². The first-order valence-electron chi connectivity index (χ1n) is 7.05. The molecule has 5 heteroatoms. The van der Waals surface area contributed by atoms with E-state index in [4.69, 9.17) is 10.3 Å². The summed E-state index contributed by atoms with van der Waals surface area (Å²) in [5.74, 6) is 0.743. The Morgan fingerprint density at radius 1 is 1.29 bits per heavy atom. The summed E-state index contributed by atoms with van der Waals surface area (Å²) in [6, 6.07) is 9.91. The second-order valence-electron chi connectivity index (χ2n) is 5.07. The number of aromatic nitrogens is 1. The molecule has 0 atom stereocenters. The van der Waals surface area contributed by atoms with Crippen LogP contribution in [0.15, 0.2) is 34.9 Å². The van der Waals surface area contributed by atoms with Crippen molar-refractivity contribution in [2.45, 2.75) is 26.8 Å². The summed E-state index contributed by atoms with van der Waals surface area (Å²) in [7, 11) is 0. The van der Waals surface area contributed by atoms with E-state index in [1.165, 1.54) is 0 Å². The number of benzene rings is 1. The van der Waals surface area contributed by atoms with Crippen LogP contribution in [-0.4, -0.2) is 29.1 Å². The minimum absolute atomic E-state index is 0.0405. The average molecular weight is 287 g/mol. The Bertz CT molecular complexity index is 573. The van der Waals surface area contributed by atoms with Crippen LogP contribution in [0.4, 0.5) is 0 Å². The molecule has 2 rings (SSSR count). The van der Waals surface area contributed by atoms with Crippen LogP contribution >= 0.6 is 0 Å². The van der Waals surface area contributed by atoms with E-state index in [-0.39, 0.29) is 5.91 Å². The number of hydrogen-bond acceptors (Lipinski definition) is 4. The molecule has 0 aliphatic heterocycles. The standard InChI is InChI=1S/C16H21N3O2/c1-12-15(13(2)21-18-12)10-16(20)19(9-8-17)11-14-6-4-3-5-7-14/h3-7H,8-11,17H2,1-2H3. The van der Waals surface area contributed by atoms with Crippen molar-refractivity contribution in [1.29, 1.82) is 0 Å². The van der Waals surface area contributed by atoms with Crippen LogP contribution in [-0.2, 0) is 17.8 Å². The molecule has 0 bridgehead atoms. The molecule has 112 valence electrons. The summed E-state index contributed by atoms with van der Waals surface area (Å²) in [6.45, 7) is 5.23. The molecule has 2 N–H and O–H groups in total. The Hall–Kier alpha value is -2.14. The zero-order valence-electron chi connectivity index (χ0n) is 12.5. The van der Waals surface area contributed by atoms with E-state index >= 15 is 0 Å². The fourth-order valence-electron chi connectivity index (χ4n) is 2.27. The average Bonchev–Trinajstić information content (AvgIpc) is 2.80. The second kappa shape index (κ2) is 7.04. The highest BCUT2D eigenvalue weighted by atomic mass is 16.5. The van der Waals surface area contributed by atoms with Crippen molar-refractivity contribution in [3.8, 4) is 0 Å². The molecule has 5 nitrogen and oxygen atoms in total. The van der Waals surface area contributed by atoms with Gasteiger partial charge in [0.15, 0.2) is 0 Å². The zero-order valence-corrected chi connectivity index (χ0v) is 12.5. The Morgan fingerprint density at radius 2 is 2.00 bits per heavy atom. The third-order valence-electron chi connectivity index (χ3n) is 3.48. The maximum Gasteiger partial charge on any atom is 0.227 e. The van der Waals surface area contributed by atoms with Crippen LogP contribution in [0.2, 0.25) is 0 Å². The van der Waals surface area contributed by atoms with E-state index < -0.39 is 0 Å². The van der Waals surface area contributed by atoms with Crippen LogP contribution in [0.5, 0.6) is 0 Å². The fourth-order valence-corrected chi connectivity index (χ4v) is 2.27. The van der Waals surface area contributed by atoms with Gasteiger partial charge in [0.1, 0.15) is 5.76 Å². The number of carbonyl (C=O) groups excluding carboxylic acids is 1. The third-order valence-corrected chi connectivity index (χ3v) is 3.48. The van der Waals surface area contributed by atoms with Crippen molar-refractivity contribution >= 4 is 5.91 Å². The smallest absolute Gasteiger partial charge is 0.227 e. The lowest BCUT2D eigenvalue weighted by Gasteiger charge is -2.22. The van der Waals surface area contributed by atoms with Gasteiger partial charge in [-0.05, 0) is 19.4 Å². The number of rotatable bonds is 6. The monoisotopic (exact) mass is 287 g/mol. The van der Waals surface area contributed by atoms with Crippen molar-refractivity contribution in [2.75, 3.05) is 13.1 Å². The summed E-state index contributed by atoms with van der Waals surface area (Å²) in [6.07, 6.45) is 0.300. The molecule has 21 heavy (non-hydrogen) atoms. The molecule has 0 spiro atoms. The van der Waals surface area contributed by atoms with E-state index in [9.17, 15) is 4.79 Å². The first kappa shape index (κ1) is 15.3. The predicted molar refractivity (Wildman–Crippen MR) is 80.6 cm³/mol. The molecular weight excluding hydrogens is 266 g/mol. The Labute approximate surface area is 124 Å². The van der Waals surface area contributed by atoms with E-state index in [0.717, 1.165) is 16.8 Å². The molecule has 0 saturated carbocycles. The molecule has 1 heterocycles. The van der Waals surface area contributed by atoms with E-state index in [1.807, 2.05) is 44.2 Å². The molecule has 0 aliphatic rings. The second-order valence-corrected chi connectivity index (χ2v) is 5.07. The van der Waals surface area contributed by atoms with Gasteiger partial charge in [-0.2, -0.15) is 0 Å². The molecule has 0 unspecified atom stereocenters. The maximum atomic E-state index is 12.5. The van der Waals surface area contributed by atoms with Crippen LogP contribution in [0, 0.1) is 13.8 Å². The molecule has 0 aliphatic carbocycles. The third kappa shape index (κ3) is 3.92. The van der Waals surface area contributed by atoms with Crippen molar-refractivity contribution in [3.05, 3.63) is 52.9 Å². The minimum atomic E-state index is 0.0405. The van der Waals surface area contributed by atoms with Gasteiger partial charge >= 0.3 is 0 Å². The lowest BCUT2D eigenvalue weighted by atomic mass is 10.1. The van der Waals surface area contributed by atoms with Crippen molar-refractivity contribution in [2.24, 2.45) is 5.73 Å². The van der Waals surface area contributed by atoms with Gasteiger partial charge in [0.05, 0.1) is 12.1 Å². The van der Waals surface area contributed by atoms with Crippen LogP contribution in [0.3, 0.4) is 0 Å². The molecule has 1 amide bonds. The quantitative estimate of drug-likeness (QED) is 0.879. The highest BCUT2D eigenvalue weighted by Gasteiger charge is 2.18. The summed E-state index contributed by atoms with van der Waals surface area (Å²) < 4.78 is 5.11. The van der Waals surface area contributed by atoms with Gasteiger partial charge in [0, 0.05) is 25.2 Å². The summed E-state index contributed by atoms with van der Waals surface area (Å²) >= 11 is 0.